The first-order valence-electron chi connectivity index (χ1n) is 7.35. The molecule has 1 spiro atoms. The lowest BCUT2D eigenvalue weighted by Gasteiger charge is -2.39. The van der Waals surface area contributed by atoms with Crippen LogP contribution in [0.4, 0.5) is 4.79 Å². The van der Waals surface area contributed by atoms with Gasteiger partial charge in [0.2, 0.25) is 0 Å². The van der Waals surface area contributed by atoms with Crippen molar-refractivity contribution in [1.82, 2.24) is 15.1 Å². The first-order valence-corrected chi connectivity index (χ1v) is 7.35. The van der Waals surface area contributed by atoms with Crippen LogP contribution in [0.25, 0.3) is 0 Å². The van der Waals surface area contributed by atoms with Crippen molar-refractivity contribution in [2.75, 3.05) is 20.1 Å². The molecule has 0 aromatic heterocycles. The van der Waals surface area contributed by atoms with Crippen LogP contribution >= 0.6 is 0 Å². The predicted octanol–water partition coefficient (Wildman–Crippen LogP) is 0.0803. The second kappa shape index (κ2) is 5.29. The standard InChI is InChI=1S/C14H23N3O4/c1-4-5-13(2,21)10(18)17-8-6-14(7-9-17)11(19)16(3)12(20)15-14/h21H,4-9H2,1-3H3,(H,15,20). The maximum absolute atomic E-state index is 12.3. The lowest BCUT2D eigenvalue weighted by Crippen LogP contribution is -2.58. The lowest BCUT2D eigenvalue weighted by molar-refractivity contribution is -0.153. The van der Waals surface area contributed by atoms with Gasteiger partial charge in [-0.2, -0.15) is 0 Å². The Morgan fingerprint density at radius 3 is 2.38 bits per heavy atom. The molecule has 21 heavy (non-hydrogen) atoms. The molecule has 0 bridgehead atoms. The van der Waals surface area contributed by atoms with Crippen molar-refractivity contribution in [3.63, 3.8) is 0 Å². The summed E-state index contributed by atoms with van der Waals surface area (Å²) >= 11 is 0. The fraction of sp³-hybridized carbons (Fsp3) is 0.786. The van der Waals surface area contributed by atoms with E-state index in [1.165, 1.54) is 14.0 Å². The van der Waals surface area contributed by atoms with Gasteiger partial charge in [-0.1, -0.05) is 13.3 Å². The molecule has 1 unspecified atom stereocenters. The Hall–Kier alpha value is -1.63. The second-order valence-corrected chi connectivity index (χ2v) is 6.19. The van der Waals surface area contributed by atoms with E-state index in [0.29, 0.717) is 32.4 Å². The molecule has 2 aliphatic heterocycles. The Bertz CT molecular complexity index is 467. The number of hydrogen-bond acceptors (Lipinski definition) is 4. The van der Waals surface area contributed by atoms with Crippen molar-refractivity contribution in [3.05, 3.63) is 0 Å². The highest BCUT2D eigenvalue weighted by Gasteiger charge is 2.52. The van der Waals surface area contributed by atoms with E-state index in [1.54, 1.807) is 4.90 Å². The van der Waals surface area contributed by atoms with Gasteiger partial charge in [-0.25, -0.2) is 4.79 Å². The van der Waals surface area contributed by atoms with Gasteiger partial charge in [0.15, 0.2) is 0 Å². The number of amides is 4. The molecule has 2 saturated heterocycles. The molecule has 1 atom stereocenters. The number of urea groups is 1. The molecule has 2 N–H and O–H groups in total. The summed E-state index contributed by atoms with van der Waals surface area (Å²) in [5, 5.41) is 12.9. The number of nitrogens with zero attached hydrogens (tertiary/aromatic N) is 2. The third-order valence-electron chi connectivity index (χ3n) is 4.47. The Labute approximate surface area is 124 Å². The molecule has 0 aliphatic carbocycles. The van der Waals surface area contributed by atoms with Crippen LogP contribution in [0.5, 0.6) is 0 Å². The molecular weight excluding hydrogens is 274 g/mol. The maximum atomic E-state index is 12.3. The van der Waals surface area contributed by atoms with Crippen LogP contribution in [0.3, 0.4) is 0 Å². The quantitative estimate of drug-likeness (QED) is 0.722. The van der Waals surface area contributed by atoms with Crippen LogP contribution in [0.2, 0.25) is 0 Å². The number of carbonyl (C=O) groups excluding carboxylic acids is 3. The van der Waals surface area contributed by atoms with Crippen LogP contribution in [-0.2, 0) is 9.59 Å². The normalized spacial score (nSPS) is 24.2. The van der Waals surface area contributed by atoms with Crippen LogP contribution in [-0.4, -0.2) is 64.0 Å². The largest absolute Gasteiger partial charge is 0.380 e. The SMILES string of the molecule is CCCC(C)(O)C(=O)N1CCC2(CC1)NC(=O)N(C)C2=O. The first-order chi connectivity index (χ1) is 9.73. The van der Waals surface area contributed by atoms with Crippen LogP contribution in [0, 0.1) is 0 Å². The number of likely N-dealkylation sites (tertiary alicyclic amines) is 1. The molecular formula is C14H23N3O4. The zero-order chi connectivity index (χ0) is 15.8. The summed E-state index contributed by atoms with van der Waals surface area (Å²) in [5.74, 6) is -0.538. The number of piperidine rings is 1. The average molecular weight is 297 g/mol. The van der Waals surface area contributed by atoms with Gasteiger partial charge in [-0.05, 0) is 26.2 Å². The van der Waals surface area contributed by atoms with Gasteiger partial charge in [-0.3, -0.25) is 14.5 Å². The summed E-state index contributed by atoms with van der Waals surface area (Å²) in [6, 6.07) is -0.391. The molecule has 2 fully saturated rings. The van der Waals surface area contributed by atoms with Crippen molar-refractivity contribution in [1.29, 1.82) is 0 Å². The summed E-state index contributed by atoms with van der Waals surface area (Å²) in [5.41, 5.74) is -2.24. The van der Waals surface area contributed by atoms with Gasteiger partial charge >= 0.3 is 6.03 Å². The summed E-state index contributed by atoms with van der Waals surface area (Å²) in [6.45, 7) is 4.16. The summed E-state index contributed by atoms with van der Waals surface area (Å²) in [4.78, 5) is 38.7. The molecule has 2 aliphatic rings. The topological polar surface area (TPSA) is 89.9 Å². The van der Waals surface area contributed by atoms with Crippen molar-refractivity contribution in [3.8, 4) is 0 Å². The Morgan fingerprint density at radius 1 is 1.38 bits per heavy atom. The van der Waals surface area contributed by atoms with Gasteiger partial charge in [0, 0.05) is 20.1 Å². The predicted molar refractivity (Wildman–Crippen MR) is 75.4 cm³/mol. The third-order valence-corrected chi connectivity index (χ3v) is 4.47. The lowest BCUT2D eigenvalue weighted by atomic mass is 9.86. The van der Waals surface area contributed by atoms with Crippen molar-refractivity contribution in [2.45, 2.75) is 50.7 Å². The van der Waals surface area contributed by atoms with Crippen molar-refractivity contribution < 1.29 is 19.5 Å². The highest BCUT2D eigenvalue weighted by Crippen LogP contribution is 2.30. The molecule has 7 nitrogen and oxygen atoms in total. The smallest absolute Gasteiger partial charge is 0.324 e. The molecule has 0 aromatic rings. The monoisotopic (exact) mass is 297 g/mol. The third kappa shape index (κ3) is 2.62. The number of hydrogen-bond donors (Lipinski definition) is 2. The van der Waals surface area contributed by atoms with Crippen molar-refractivity contribution >= 4 is 17.8 Å². The number of aliphatic hydroxyl groups is 1. The highest BCUT2D eigenvalue weighted by atomic mass is 16.3. The highest BCUT2D eigenvalue weighted by molar-refractivity contribution is 6.06. The average Bonchev–Trinajstić information content (AvgIpc) is 2.64. The Kier molecular flexibility index (Phi) is 3.97. The van der Waals surface area contributed by atoms with E-state index in [0.717, 1.165) is 11.3 Å². The molecule has 0 saturated carbocycles. The van der Waals surface area contributed by atoms with Crippen LogP contribution < -0.4 is 5.32 Å². The van der Waals surface area contributed by atoms with Crippen molar-refractivity contribution in [2.24, 2.45) is 0 Å². The Balaban J connectivity index is 2.03. The zero-order valence-corrected chi connectivity index (χ0v) is 12.8. The molecule has 7 heteroatoms. The van der Waals surface area contributed by atoms with Crippen LogP contribution in [0.1, 0.15) is 39.5 Å². The van der Waals surface area contributed by atoms with E-state index in [-0.39, 0.29) is 11.8 Å². The summed E-state index contributed by atoms with van der Waals surface area (Å²) in [7, 11) is 1.45. The minimum absolute atomic E-state index is 0.236. The minimum Gasteiger partial charge on any atom is -0.380 e. The van der Waals surface area contributed by atoms with E-state index < -0.39 is 17.2 Å². The summed E-state index contributed by atoms with van der Waals surface area (Å²) < 4.78 is 0. The van der Waals surface area contributed by atoms with Gasteiger partial charge in [-0.15, -0.1) is 0 Å². The minimum atomic E-state index is -1.36. The number of imide groups is 1. The number of likely N-dealkylation sites (N-methyl/N-ethyl adjacent to an activating group) is 1. The summed E-state index contributed by atoms with van der Waals surface area (Å²) in [6.07, 6.45) is 1.90. The molecule has 0 aromatic carbocycles. The van der Waals surface area contributed by atoms with E-state index >= 15 is 0 Å². The maximum Gasteiger partial charge on any atom is 0.324 e. The van der Waals surface area contributed by atoms with E-state index in [1.807, 2.05) is 6.92 Å². The molecule has 4 amide bonds. The van der Waals surface area contributed by atoms with Gasteiger partial charge in [0.25, 0.3) is 11.8 Å². The van der Waals surface area contributed by atoms with E-state index in [9.17, 15) is 19.5 Å². The molecule has 2 rings (SSSR count). The van der Waals surface area contributed by atoms with Crippen LogP contribution in [0.15, 0.2) is 0 Å². The fourth-order valence-electron chi connectivity index (χ4n) is 3.12. The van der Waals surface area contributed by atoms with Gasteiger partial charge in [0.1, 0.15) is 11.1 Å². The molecule has 0 radical (unpaired) electrons. The van der Waals surface area contributed by atoms with E-state index in [2.05, 4.69) is 5.32 Å². The number of carbonyl (C=O) groups is 3. The fourth-order valence-corrected chi connectivity index (χ4v) is 3.12. The second-order valence-electron chi connectivity index (χ2n) is 6.19. The van der Waals surface area contributed by atoms with Gasteiger partial charge in [0.05, 0.1) is 0 Å². The Morgan fingerprint density at radius 2 is 1.95 bits per heavy atom. The zero-order valence-electron chi connectivity index (χ0n) is 12.8. The molecule has 2 heterocycles. The van der Waals surface area contributed by atoms with E-state index in [4.69, 9.17) is 0 Å². The molecule has 118 valence electrons. The number of nitrogens with one attached hydrogen (secondary N) is 1. The van der Waals surface area contributed by atoms with Gasteiger partial charge < -0.3 is 15.3 Å². The number of rotatable bonds is 3. The first kappa shape index (κ1) is 15.8.